The van der Waals surface area contributed by atoms with Crippen LogP contribution in [0.4, 0.5) is 5.69 Å². The Labute approximate surface area is 136 Å². The zero-order chi connectivity index (χ0) is 16.6. The number of para-hydroxylation sites is 1. The molecule has 0 saturated heterocycles. The number of anilines is 1. The monoisotopic (exact) mass is 309 g/mol. The van der Waals surface area contributed by atoms with Crippen molar-refractivity contribution >= 4 is 16.6 Å². The van der Waals surface area contributed by atoms with Gasteiger partial charge in [-0.2, -0.15) is 0 Å². The molecule has 0 aliphatic rings. The lowest BCUT2D eigenvalue weighted by Crippen LogP contribution is -2.13. The van der Waals surface area contributed by atoms with Crippen LogP contribution in [0.15, 0.2) is 28.8 Å². The average molecular weight is 309 g/mol. The van der Waals surface area contributed by atoms with Crippen molar-refractivity contribution in [2.75, 3.05) is 11.9 Å². The summed E-state index contributed by atoms with van der Waals surface area (Å²) in [5, 5.41) is 8.86. The Morgan fingerprint density at radius 3 is 2.52 bits per heavy atom. The fraction of sp³-hybridized carbons (Fsp3) is 0.368. The number of aryl methyl sites for hydroxylation is 3. The Hall–Kier alpha value is -2.36. The SMILES string of the molecule is Cc1nc2ccccc2c(NCC(C)c2c(C)noc2C)c1C. The van der Waals surface area contributed by atoms with E-state index in [2.05, 4.69) is 54.4 Å². The van der Waals surface area contributed by atoms with Gasteiger partial charge in [-0.25, -0.2) is 0 Å². The van der Waals surface area contributed by atoms with E-state index in [1.807, 2.05) is 19.9 Å². The molecule has 4 nitrogen and oxygen atoms in total. The minimum absolute atomic E-state index is 0.327. The van der Waals surface area contributed by atoms with Crippen LogP contribution in [0.1, 0.15) is 41.1 Å². The predicted octanol–water partition coefficient (Wildman–Crippen LogP) is 4.67. The number of hydrogen-bond acceptors (Lipinski definition) is 4. The first-order chi connectivity index (χ1) is 11.0. The third kappa shape index (κ3) is 2.81. The minimum Gasteiger partial charge on any atom is -0.384 e. The van der Waals surface area contributed by atoms with Gasteiger partial charge in [-0.15, -0.1) is 0 Å². The quantitative estimate of drug-likeness (QED) is 0.760. The Balaban J connectivity index is 1.92. The van der Waals surface area contributed by atoms with Crippen LogP contribution in [0.2, 0.25) is 0 Å². The Morgan fingerprint density at radius 1 is 1.09 bits per heavy atom. The molecule has 0 amide bonds. The molecule has 1 unspecified atom stereocenters. The van der Waals surface area contributed by atoms with E-state index in [1.165, 1.54) is 22.2 Å². The predicted molar refractivity (Wildman–Crippen MR) is 94.1 cm³/mol. The van der Waals surface area contributed by atoms with Crippen LogP contribution in [0.3, 0.4) is 0 Å². The van der Waals surface area contributed by atoms with Gasteiger partial charge < -0.3 is 9.84 Å². The van der Waals surface area contributed by atoms with E-state index in [0.717, 1.165) is 29.2 Å². The summed E-state index contributed by atoms with van der Waals surface area (Å²) in [6.45, 7) is 11.2. The number of hydrogen-bond donors (Lipinski definition) is 1. The summed E-state index contributed by atoms with van der Waals surface area (Å²) in [6, 6.07) is 8.27. The van der Waals surface area contributed by atoms with Gasteiger partial charge in [0.05, 0.1) is 11.2 Å². The fourth-order valence-electron chi connectivity index (χ4n) is 3.21. The number of benzene rings is 1. The number of nitrogens with one attached hydrogen (secondary N) is 1. The molecule has 0 spiro atoms. The molecule has 23 heavy (non-hydrogen) atoms. The summed E-state index contributed by atoms with van der Waals surface area (Å²) >= 11 is 0. The molecule has 1 N–H and O–H groups in total. The molecule has 4 heteroatoms. The third-order valence-corrected chi connectivity index (χ3v) is 4.55. The highest BCUT2D eigenvalue weighted by Gasteiger charge is 2.17. The molecule has 0 aliphatic carbocycles. The second-order valence-electron chi connectivity index (χ2n) is 6.23. The van der Waals surface area contributed by atoms with Crippen molar-refractivity contribution in [1.82, 2.24) is 10.1 Å². The van der Waals surface area contributed by atoms with Gasteiger partial charge in [-0.1, -0.05) is 30.3 Å². The summed E-state index contributed by atoms with van der Waals surface area (Å²) in [4.78, 5) is 4.68. The summed E-state index contributed by atoms with van der Waals surface area (Å²) in [7, 11) is 0. The second kappa shape index (κ2) is 6.03. The number of nitrogens with zero attached hydrogens (tertiary/aromatic N) is 2. The van der Waals surface area contributed by atoms with E-state index in [0.29, 0.717) is 5.92 Å². The number of aromatic nitrogens is 2. The van der Waals surface area contributed by atoms with E-state index < -0.39 is 0 Å². The smallest absolute Gasteiger partial charge is 0.137 e. The molecular formula is C19H23N3O. The van der Waals surface area contributed by atoms with E-state index in [-0.39, 0.29) is 0 Å². The molecule has 3 aromatic rings. The molecule has 0 radical (unpaired) electrons. The zero-order valence-corrected chi connectivity index (χ0v) is 14.4. The molecular weight excluding hydrogens is 286 g/mol. The fourth-order valence-corrected chi connectivity index (χ4v) is 3.21. The van der Waals surface area contributed by atoms with E-state index in [1.54, 1.807) is 0 Å². The van der Waals surface area contributed by atoms with Gasteiger partial charge >= 0.3 is 0 Å². The topological polar surface area (TPSA) is 51.0 Å². The molecule has 0 aliphatic heterocycles. The van der Waals surface area contributed by atoms with Crippen molar-refractivity contribution < 1.29 is 4.52 Å². The van der Waals surface area contributed by atoms with Crippen LogP contribution in [0.5, 0.6) is 0 Å². The number of fused-ring (bicyclic) bond motifs is 1. The van der Waals surface area contributed by atoms with Gasteiger partial charge in [-0.3, -0.25) is 4.98 Å². The Morgan fingerprint density at radius 2 is 1.83 bits per heavy atom. The molecule has 0 saturated carbocycles. The van der Waals surface area contributed by atoms with Gasteiger partial charge in [0.2, 0.25) is 0 Å². The van der Waals surface area contributed by atoms with Crippen LogP contribution in [0, 0.1) is 27.7 Å². The summed E-state index contributed by atoms with van der Waals surface area (Å²) in [6.07, 6.45) is 0. The molecule has 1 atom stereocenters. The van der Waals surface area contributed by atoms with E-state index in [9.17, 15) is 0 Å². The van der Waals surface area contributed by atoms with Crippen molar-refractivity contribution in [3.63, 3.8) is 0 Å². The average Bonchev–Trinajstić information content (AvgIpc) is 2.86. The van der Waals surface area contributed by atoms with Gasteiger partial charge in [0.1, 0.15) is 5.76 Å². The first kappa shape index (κ1) is 15.5. The maximum absolute atomic E-state index is 5.29. The largest absolute Gasteiger partial charge is 0.384 e. The number of rotatable bonds is 4. The first-order valence-electron chi connectivity index (χ1n) is 8.01. The Bertz CT molecular complexity index is 832. The van der Waals surface area contributed by atoms with Crippen molar-refractivity contribution in [3.05, 3.63) is 52.5 Å². The first-order valence-corrected chi connectivity index (χ1v) is 8.01. The van der Waals surface area contributed by atoms with Crippen LogP contribution in [-0.4, -0.2) is 16.7 Å². The zero-order valence-electron chi connectivity index (χ0n) is 14.4. The van der Waals surface area contributed by atoms with Gasteiger partial charge in [0, 0.05) is 34.8 Å². The van der Waals surface area contributed by atoms with Gasteiger partial charge in [0.25, 0.3) is 0 Å². The lowest BCUT2D eigenvalue weighted by Gasteiger charge is -2.18. The molecule has 3 rings (SSSR count). The molecule has 0 fully saturated rings. The molecule has 2 aromatic heterocycles. The highest BCUT2D eigenvalue weighted by Crippen LogP contribution is 2.29. The lowest BCUT2D eigenvalue weighted by molar-refractivity contribution is 0.391. The van der Waals surface area contributed by atoms with E-state index in [4.69, 9.17) is 4.52 Å². The van der Waals surface area contributed by atoms with Crippen molar-refractivity contribution in [2.45, 2.75) is 40.5 Å². The maximum atomic E-state index is 5.29. The summed E-state index contributed by atoms with van der Waals surface area (Å²) in [5.41, 5.74) is 6.65. The highest BCUT2D eigenvalue weighted by molar-refractivity contribution is 5.93. The van der Waals surface area contributed by atoms with Crippen molar-refractivity contribution in [1.29, 1.82) is 0 Å². The summed E-state index contributed by atoms with van der Waals surface area (Å²) < 4.78 is 5.29. The van der Waals surface area contributed by atoms with Gasteiger partial charge in [0.15, 0.2) is 0 Å². The summed E-state index contributed by atoms with van der Waals surface area (Å²) in [5.74, 6) is 1.23. The maximum Gasteiger partial charge on any atom is 0.137 e. The Kier molecular flexibility index (Phi) is 4.07. The van der Waals surface area contributed by atoms with Gasteiger partial charge in [-0.05, 0) is 39.3 Å². The number of pyridine rings is 1. The molecule has 120 valence electrons. The second-order valence-corrected chi connectivity index (χ2v) is 6.23. The third-order valence-electron chi connectivity index (χ3n) is 4.55. The van der Waals surface area contributed by atoms with Crippen LogP contribution in [0.25, 0.3) is 10.9 Å². The normalized spacial score (nSPS) is 12.6. The van der Waals surface area contributed by atoms with Crippen LogP contribution in [-0.2, 0) is 0 Å². The minimum atomic E-state index is 0.327. The molecule has 2 heterocycles. The van der Waals surface area contributed by atoms with Crippen LogP contribution < -0.4 is 5.32 Å². The lowest BCUT2D eigenvalue weighted by atomic mass is 9.99. The van der Waals surface area contributed by atoms with Crippen molar-refractivity contribution in [3.8, 4) is 0 Å². The molecule has 1 aromatic carbocycles. The van der Waals surface area contributed by atoms with Crippen molar-refractivity contribution in [2.24, 2.45) is 0 Å². The van der Waals surface area contributed by atoms with Crippen LogP contribution >= 0.6 is 0 Å². The van der Waals surface area contributed by atoms with E-state index >= 15 is 0 Å². The standard InChI is InChI=1S/C19H23N3O/c1-11(18-14(4)22-23-15(18)5)10-20-19-12(2)13(3)21-17-9-7-6-8-16(17)19/h6-9,11H,10H2,1-5H3,(H,20,21). The highest BCUT2D eigenvalue weighted by atomic mass is 16.5. The molecule has 0 bridgehead atoms.